The highest BCUT2D eigenvalue weighted by molar-refractivity contribution is 6.08. The van der Waals surface area contributed by atoms with Crippen LogP contribution in [0.2, 0.25) is 0 Å². The number of aryl methyl sites for hydroxylation is 1. The van der Waals surface area contributed by atoms with Gasteiger partial charge in [-0.2, -0.15) is 0 Å². The van der Waals surface area contributed by atoms with Gasteiger partial charge in [0.25, 0.3) is 11.8 Å². The van der Waals surface area contributed by atoms with Gasteiger partial charge >= 0.3 is 5.97 Å². The summed E-state index contributed by atoms with van der Waals surface area (Å²) in [5, 5.41) is 5.79. The fourth-order valence-electron chi connectivity index (χ4n) is 5.79. The maximum atomic E-state index is 13.4. The van der Waals surface area contributed by atoms with Crippen molar-refractivity contribution in [1.82, 2.24) is 9.80 Å². The molecule has 0 radical (unpaired) electrons. The third-order valence-corrected chi connectivity index (χ3v) is 8.53. The van der Waals surface area contributed by atoms with Crippen molar-refractivity contribution >= 4 is 35.1 Å². The monoisotopic (exact) mass is 672 g/mol. The molecule has 1 saturated heterocycles. The summed E-state index contributed by atoms with van der Waals surface area (Å²) in [6, 6.07) is 17.5. The van der Waals surface area contributed by atoms with Crippen LogP contribution in [-0.2, 0) is 20.9 Å². The molecule has 0 bridgehead atoms. The molecule has 49 heavy (non-hydrogen) atoms. The number of carbonyl (C=O) groups is 4. The second kappa shape index (κ2) is 18.1. The summed E-state index contributed by atoms with van der Waals surface area (Å²) in [5.74, 6) is -0.407. The van der Waals surface area contributed by atoms with E-state index >= 15 is 0 Å². The molecule has 1 heterocycles. The van der Waals surface area contributed by atoms with Crippen molar-refractivity contribution in [3.63, 3.8) is 0 Å². The van der Waals surface area contributed by atoms with Crippen LogP contribution < -0.4 is 20.1 Å². The van der Waals surface area contributed by atoms with Crippen LogP contribution in [0.3, 0.4) is 0 Å². The van der Waals surface area contributed by atoms with E-state index in [1.807, 2.05) is 30.0 Å². The number of esters is 1. The second-order valence-electron chi connectivity index (χ2n) is 12.5. The number of hydrogen-bond acceptors (Lipinski definition) is 8. The summed E-state index contributed by atoms with van der Waals surface area (Å²) < 4.78 is 16.6. The van der Waals surface area contributed by atoms with Gasteiger partial charge in [0, 0.05) is 56.4 Å². The fourth-order valence-corrected chi connectivity index (χ4v) is 5.79. The van der Waals surface area contributed by atoms with Crippen molar-refractivity contribution in [2.45, 2.75) is 65.0 Å². The highest BCUT2D eigenvalue weighted by Crippen LogP contribution is 2.28. The quantitative estimate of drug-likeness (QED) is 0.113. The van der Waals surface area contributed by atoms with E-state index in [1.165, 1.54) is 14.0 Å². The maximum Gasteiger partial charge on any atom is 0.308 e. The molecule has 0 unspecified atom stereocenters. The minimum Gasteiger partial charge on any atom is -0.491 e. The number of rotatable bonds is 15. The zero-order valence-electron chi connectivity index (χ0n) is 29.2. The normalized spacial score (nSPS) is 13.2. The Morgan fingerprint density at radius 2 is 1.57 bits per heavy atom. The Bertz CT molecular complexity index is 1620. The van der Waals surface area contributed by atoms with Crippen LogP contribution in [0.5, 0.6) is 11.5 Å². The van der Waals surface area contributed by atoms with E-state index < -0.39 is 11.9 Å². The van der Waals surface area contributed by atoms with Gasteiger partial charge in [0.1, 0.15) is 11.5 Å². The van der Waals surface area contributed by atoms with Crippen molar-refractivity contribution in [2.24, 2.45) is 0 Å². The Morgan fingerprint density at radius 3 is 2.29 bits per heavy atom. The molecule has 3 aromatic carbocycles. The number of hydrogen-bond donors (Lipinski definition) is 2. The van der Waals surface area contributed by atoms with E-state index in [2.05, 4.69) is 29.6 Å². The number of anilines is 2. The second-order valence-corrected chi connectivity index (χ2v) is 12.5. The number of benzene rings is 3. The number of methoxy groups -OCH3 is 1. The number of amides is 3. The van der Waals surface area contributed by atoms with Crippen LogP contribution in [0.15, 0.2) is 60.7 Å². The van der Waals surface area contributed by atoms with Gasteiger partial charge in [-0.25, -0.2) is 0 Å². The third-order valence-electron chi connectivity index (χ3n) is 8.53. The van der Waals surface area contributed by atoms with Crippen LogP contribution in [0.1, 0.15) is 77.3 Å². The Morgan fingerprint density at radius 1 is 0.857 bits per heavy atom. The minimum absolute atomic E-state index is 0.141. The van der Waals surface area contributed by atoms with Crippen LogP contribution in [0.25, 0.3) is 0 Å². The molecule has 2 N–H and O–H groups in total. The number of nitrogens with one attached hydrogen (secondary N) is 2. The lowest BCUT2D eigenvalue weighted by atomic mass is 10.0. The number of para-hydroxylation sites is 1. The number of piperidine rings is 1. The minimum atomic E-state index is -0.534. The van der Waals surface area contributed by atoms with Crippen LogP contribution in [0.4, 0.5) is 11.4 Å². The van der Waals surface area contributed by atoms with Crippen molar-refractivity contribution in [3.8, 4) is 11.5 Å². The van der Waals surface area contributed by atoms with Gasteiger partial charge in [-0.3, -0.25) is 19.2 Å². The molecule has 0 aliphatic carbocycles. The SMILES string of the molecule is COCc1cc(C(=O)Nc2ccc(C)cc2OCCCCCC(=O)N2CCC(N(C)C)CC2)ccc1NC(=O)c1ccccc1OC(C)=O. The first-order valence-corrected chi connectivity index (χ1v) is 16.8. The molecule has 0 atom stereocenters. The third kappa shape index (κ3) is 10.9. The van der Waals surface area contributed by atoms with Gasteiger partial charge < -0.3 is 34.6 Å². The summed E-state index contributed by atoms with van der Waals surface area (Å²) in [4.78, 5) is 54.9. The molecule has 4 rings (SSSR count). The van der Waals surface area contributed by atoms with Crippen molar-refractivity contribution < 1.29 is 33.4 Å². The molecule has 0 aromatic heterocycles. The van der Waals surface area contributed by atoms with Crippen LogP contribution in [-0.4, -0.2) is 80.4 Å². The topological polar surface area (TPSA) is 127 Å². The average molecular weight is 673 g/mol. The Labute approximate surface area is 288 Å². The molecule has 1 aliphatic heterocycles. The van der Waals surface area contributed by atoms with E-state index in [9.17, 15) is 19.2 Å². The Balaban J connectivity index is 1.32. The largest absolute Gasteiger partial charge is 0.491 e. The van der Waals surface area contributed by atoms with E-state index in [-0.39, 0.29) is 29.7 Å². The lowest BCUT2D eigenvalue weighted by Crippen LogP contribution is -2.44. The number of likely N-dealkylation sites (tertiary alicyclic amines) is 1. The number of carbonyl (C=O) groups excluding carboxylic acids is 4. The lowest BCUT2D eigenvalue weighted by molar-refractivity contribution is -0.133. The molecule has 262 valence electrons. The van der Waals surface area contributed by atoms with Gasteiger partial charge in [-0.05, 0) is 101 Å². The summed E-state index contributed by atoms with van der Waals surface area (Å²) >= 11 is 0. The van der Waals surface area contributed by atoms with E-state index in [1.54, 1.807) is 42.5 Å². The predicted molar refractivity (Wildman–Crippen MR) is 189 cm³/mol. The molecule has 0 spiro atoms. The molecule has 3 amide bonds. The Hall–Kier alpha value is -4.74. The van der Waals surface area contributed by atoms with Crippen molar-refractivity contribution in [1.29, 1.82) is 0 Å². The molecule has 0 saturated carbocycles. The van der Waals surface area contributed by atoms with E-state index in [4.69, 9.17) is 14.2 Å². The molecule has 3 aromatic rings. The van der Waals surface area contributed by atoms with Gasteiger partial charge in [-0.15, -0.1) is 0 Å². The van der Waals surface area contributed by atoms with Gasteiger partial charge in [0.15, 0.2) is 0 Å². The molecular weight excluding hydrogens is 624 g/mol. The standard InChI is InChI=1S/C38H48N4O7/c1-26-14-16-33(35(23-26)48-22-10-6-7-13-36(44)42-20-18-30(19-21-42)41(3)4)40-37(45)28-15-17-32(29(24-28)25-47-5)39-38(46)31-11-8-9-12-34(31)49-27(2)43/h8-9,11-12,14-17,23-24,30H,6-7,10,13,18-22,25H2,1-5H3,(H,39,46)(H,40,45). The Kier molecular flexibility index (Phi) is 13.7. The number of ether oxygens (including phenoxy) is 3. The summed E-state index contributed by atoms with van der Waals surface area (Å²) in [5.41, 5.74) is 3.14. The van der Waals surface area contributed by atoms with Gasteiger partial charge in [0.05, 0.1) is 24.5 Å². The molecule has 1 fully saturated rings. The van der Waals surface area contributed by atoms with Gasteiger partial charge in [0.2, 0.25) is 5.91 Å². The van der Waals surface area contributed by atoms with E-state index in [0.29, 0.717) is 47.3 Å². The summed E-state index contributed by atoms with van der Waals surface area (Å²) in [7, 11) is 5.72. The van der Waals surface area contributed by atoms with Crippen LogP contribution >= 0.6 is 0 Å². The highest BCUT2D eigenvalue weighted by atomic mass is 16.5. The first kappa shape index (κ1) is 37.1. The predicted octanol–water partition coefficient (Wildman–Crippen LogP) is 6.06. The number of unbranched alkanes of at least 4 members (excludes halogenated alkanes) is 2. The van der Waals surface area contributed by atoms with Crippen molar-refractivity contribution in [3.05, 3.63) is 82.9 Å². The van der Waals surface area contributed by atoms with Gasteiger partial charge in [-0.1, -0.05) is 18.2 Å². The molecular formula is C38H48N4O7. The van der Waals surface area contributed by atoms with Crippen LogP contribution in [0, 0.1) is 6.92 Å². The van der Waals surface area contributed by atoms with Crippen molar-refractivity contribution in [2.75, 3.05) is 51.5 Å². The van der Waals surface area contributed by atoms with E-state index in [0.717, 1.165) is 50.8 Å². The zero-order chi connectivity index (χ0) is 35.3. The average Bonchev–Trinajstić information content (AvgIpc) is 3.08. The zero-order valence-corrected chi connectivity index (χ0v) is 29.2. The first-order valence-electron chi connectivity index (χ1n) is 16.8. The molecule has 11 nitrogen and oxygen atoms in total. The number of nitrogens with zero attached hydrogens (tertiary/aromatic N) is 2. The smallest absolute Gasteiger partial charge is 0.308 e. The first-order chi connectivity index (χ1) is 23.5. The fraction of sp³-hybridized carbons (Fsp3) is 0.421. The lowest BCUT2D eigenvalue weighted by Gasteiger charge is -2.35. The molecule has 1 aliphatic rings. The maximum absolute atomic E-state index is 13.4. The summed E-state index contributed by atoms with van der Waals surface area (Å²) in [6.07, 6.45) is 5.06. The molecule has 11 heteroatoms. The summed E-state index contributed by atoms with van der Waals surface area (Å²) in [6.45, 7) is 5.48. The highest BCUT2D eigenvalue weighted by Gasteiger charge is 2.23.